The molecule has 2 nitrogen and oxygen atoms in total. The van der Waals surface area contributed by atoms with Crippen molar-refractivity contribution in [2.24, 2.45) is 7.05 Å². The van der Waals surface area contributed by atoms with E-state index in [1.54, 1.807) is 0 Å². The fourth-order valence-electron chi connectivity index (χ4n) is 4.78. The predicted molar refractivity (Wildman–Crippen MR) is 111 cm³/mol. The van der Waals surface area contributed by atoms with Crippen molar-refractivity contribution in [1.82, 2.24) is 4.98 Å². The molecule has 0 atom stereocenters. The van der Waals surface area contributed by atoms with Crippen molar-refractivity contribution in [3.63, 3.8) is 0 Å². The maximum absolute atomic E-state index is 4.63. The van der Waals surface area contributed by atoms with Gasteiger partial charge in [-0.1, -0.05) is 62.4 Å². The number of benzene rings is 3. The number of para-hydroxylation sites is 1. The summed E-state index contributed by atoms with van der Waals surface area (Å²) in [4.78, 5) is 4.63. The minimum atomic E-state index is -0.0370. The zero-order chi connectivity index (χ0) is 18.8. The molecule has 4 aromatic rings. The highest BCUT2D eigenvalue weighted by atomic mass is 15.0. The van der Waals surface area contributed by atoms with Gasteiger partial charge in [0.2, 0.25) is 0 Å². The van der Waals surface area contributed by atoms with Crippen molar-refractivity contribution >= 4 is 10.9 Å². The van der Waals surface area contributed by atoms with Crippen molar-refractivity contribution in [2.45, 2.75) is 26.2 Å². The Hall–Kier alpha value is -3.00. The van der Waals surface area contributed by atoms with Gasteiger partial charge in [-0.3, -0.25) is 0 Å². The molecule has 0 saturated carbocycles. The van der Waals surface area contributed by atoms with Crippen LogP contribution in [-0.2, 0) is 12.5 Å². The summed E-state index contributed by atoms with van der Waals surface area (Å²) in [5.41, 5.74) is 10.5. The molecule has 1 aromatic heterocycles. The highest BCUT2D eigenvalue weighted by Gasteiger charge is 2.39. The van der Waals surface area contributed by atoms with E-state index in [9.17, 15) is 0 Å². The monoisotopic (exact) mass is 351 g/mol. The number of fused-ring (bicyclic) bond motifs is 4. The molecular weight excluding hydrogens is 328 g/mol. The highest BCUT2D eigenvalue weighted by molar-refractivity contribution is 5.96. The lowest BCUT2D eigenvalue weighted by Crippen LogP contribution is -2.33. The zero-order valence-electron chi connectivity index (χ0n) is 16.2. The minimum Gasteiger partial charge on any atom is -0.232 e. The summed E-state index contributed by atoms with van der Waals surface area (Å²) in [5.74, 6) is 0. The smallest absolute Gasteiger partial charge is 0.232 e. The molecule has 0 N–H and O–H groups in total. The molecule has 0 radical (unpaired) electrons. The van der Waals surface area contributed by atoms with E-state index in [1.165, 1.54) is 44.5 Å². The molecule has 2 heteroatoms. The van der Waals surface area contributed by atoms with Gasteiger partial charge in [0.15, 0.2) is 5.52 Å². The Morgan fingerprint density at radius 1 is 0.852 bits per heavy atom. The number of aryl methyl sites for hydroxylation is 2. The molecule has 0 bridgehead atoms. The molecule has 0 saturated heterocycles. The summed E-state index contributed by atoms with van der Waals surface area (Å²) >= 11 is 0. The van der Waals surface area contributed by atoms with Crippen LogP contribution in [0.2, 0.25) is 0 Å². The SMILES string of the molecule is Cc1ccc2c(c1-c1c3ccccc3nc[n+]1C)C(C)(C)c1ccccc1-2. The first kappa shape index (κ1) is 16.2. The minimum absolute atomic E-state index is 0.0370. The van der Waals surface area contributed by atoms with Gasteiger partial charge in [0.25, 0.3) is 6.33 Å². The van der Waals surface area contributed by atoms with Crippen LogP contribution in [0.3, 0.4) is 0 Å². The van der Waals surface area contributed by atoms with Crippen LogP contribution in [0.1, 0.15) is 30.5 Å². The summed E-state index contributed by atoms with van der Waals surface area (Å²) in [6, 6.07) is 21.8. The molecule has 27 heavy (non-hydrogen) atoms. The van der Waals surface area contributed by atoms with Crippen LogP contribution in [0, 0.1) is 6.92 Å². The van der Waals surface area contributed by atoms with Crippen LogP contribution in [0.5, 0.6) is 0 Å². The molecule has 5 rings (SSSR count). The number of hydrogen-bond acceptors (Lipinski definition) is 1. The first-order chi connectivity index (χ1) is 13.0. The summed E-state index contributed by atoms with van der Waals surface area (Å²) in [5, 5.41) is 1.20. The summed E-state index contributed by atoms with van der Waals surface area (Å²) in [6.07, 6.45) is 1.94. The van der Waals surface area contributed by atoms with E-state index in [-0.39, 0.29) is 5.41 Å². The lowest BCUT2D eigenvalue weighted by molar-refractivity contribution is -0.662. The van der Waals surface area contributed by atoms with E-state index in [0.717, 1.165) is 5.52 Å². The number of rotatable bonds is 1. The predicted octanol–water partition coefficient (Wildman–Crippen LogP) is 5.34. The fourth-order valence-corrected chi connectivity index (χ4v) is 4.78. The molecule has 3 aromatic carbocycles. The maximum Gasteiger partial charge on any atom is 0.287 e. The fraction of sp³-hybridized carbons (Fsp3) is 0.200. The highest BCUT2D eigenvalue weighted by Crippen LogP contribution is 2.52. The van der Waals surface area contributed by atoms with Gasteiger partial charge in [-0.2, -0.15) is 0 Å². The van der Waals surface area contributed by atoms with Crippen molar-refractivity contribution in [3.8, 4) is 22.4 Å². The van der Waals surface area contributed by atoms with E-state index < -0.39 is 0 Å². The Labute approximate surface area is 160 Å². The van der Waals surface area contributed by atoms with E-state index in [2.05, 4.69) is 98.0 Å². The average molecular weight is 351 g/mol. The van der Waals surface area contributed by atoms with E-state index in [1.807, 2.05) is 6.33 Å². The van der Waals surface area contributed by atoms with Gasteiger partial charge in [-0.25, -0.2) is 4.57 Å². The topological polar surface area (TPSA) is 16.8 Å². The van der Waals surface area contributed by atoms with Crippen molar-refractivity contribution in [3.05, 3.63) is 83.7 Å². The van der Waals surface area contributed by atoms with E-state index >= 15 is 0 Å². The Balaban J connectivity index is 1.95. The van der Waals surface area contributed by atoms with Crippen molar-refractivity contribution < 1.29 is 4.57 Å². The molecule has 1 aliphatic rings. The van der Waals surface area contributed by atoms with Crippen molar-refractivity contribution in [2.75, 3.05) is 0 Å². The van der Waals surface area contributed by atoms with E-state index in [4.69, 9.17) is 0 Å². The van der Waals surface area contributed by atoms with Gasteiger partial charge in [0.1, 0.15) is 5.69 Å². The lowest BCUT2D eigenvalue weighted by atomic mass is 9.78. The normalized spacial score (nSPS) is 14.2. The second-order valence-electron chi connectivity index (χ2n) is 8.07. The first-order valence-corrected chi connectivity index (χ1v) is 9.48. The number of hydrogen-bond donors (Lipinski definition) is 0. The molecule has 0 amide bonds. The third-order valence-corrected chi connectivity index (χ3v) is 6.05. The van der Waals surface area contributed by atoms with Crippen LogP contribution in [-0.4, -0.2) is 4.98 Å². The summed E-state index contributed by atoms with van der Waals surface area (Å²) in [7, 11) is 2.10. The van der Waals surface area contributed by atoms with Crippen LogP contribution in [0.4, 0.5) is 0 Å². The molecular formula is C25H23N2+. The van der Waals surface area contributed by atoms with Gasteiger partial charge in [0, 0.05) is 11.0 Å². The summed E-state index contributed by atoms with van der Waals surface area (Å²) in [6.45, 7) is 6.93. The van der Waals surface area contributed by atoms with Gasteiger partial charge >= 0.3 is 0 Å². The van der Waals surface area contributed by atoms with Gasteiger partial charge in [-0.15, -0.1) is 0 Å². The molecule has 0 fully saturated rings. The first-order valence-electron chi connectivity index (χ1n) is 9.48. The number of aromatic nitrogens is 2. The molecule has 132 valence electrons. The molecule has 0 unspecified atom stereocenters. The quantitative estimate of drug-likeness (QED) is 0.423. The van der Waals surface area contributed by atoms with Crippen LogP contribution in [0.25, 0.3) is 33.3 Å². The molecule has 0 spiro atoms. The largest absolute Gasteiger partial charge is 0.287 e. The van der Waals surface area contributed by atoms with Gasteiger partial charge < -0.3 is 0 Å². The third kappa shape index (κ3) is 2.13. The molecule has 1 aliphatic carbocycles. The molecule has 1 heterocycles. The lowest BCUT2D eigenvalue weighted by Gasteiger charge is -2.25. The Kier molecular flexibility index (Phi) is 3.30. The van der Waals surface area contributed by atoms with Crippen LogP contribution in [0.15, 0.2) is 67.0 Å². The summed E-state index contributed by atoms with van der Waals surface area (Å²) < 4.78 is 2.17. The van der Waals surface area contributed by atoms with Gasteiger partial charge in [0.05, 0.1) is 12.4 Å². The Morgan fingerprint density at radius 3 is 2.44 bits per heavy atom. The maximum atomic E-state index is 4.63. The Bertz CT molecular complexity index is 1220. The third-order valence-electron chi connectivity index (χ3n) is 6.05. The average Bonchev–Trinajstić information content (AvgIpc) is 2.90. The zero-order valence-corrected chi connectivity index (χ0v) is 16.2. The second kappa shape index (κ2) is 5.50. The van der Waals surface area contributed by atoms with E-state index in [0.29, 0.717) is 0 Å². The number of nitrogens with zero attached hydrogens (tertiary/aromatic N) is 2. The van der Waals surface area contributed by atoms with Crippen LogP contribution < -0.4 is 4.57 Å². The Morgan fingerprint density at radius 2 is 1.59 bits per heavy atom. The van der Waals surface area contributed by atoms with Crippen molar-refractivity contribution in [1.29, 1.82) is 0 Å². The van der Waals surface area contributed by atoms with Crippen LogP contribution >= 0.6 is 0 Å². The van der Waals surface area contributed by atoms with Gasteiger partial charge in [-0.05, 0) is 51.9 Å². The standard InChI is InChI=1S/C25H23N2/c1-16-13-14-18-17-9-5-7-11-20(17)25(2,3)23(18)22(16)24-19-10-6-8-12-21(19)26-15-27(24)4/h5-15H,1-4H3/q+1. The second-order valence-corrected chi connectivity index (χ2v) is 8.07. The molecule has 0 aliphatic heterocycles.